The van der Waals surface area contributed by atoms with Gasteiger partial charge < -0.3 is 4.84 Å². The van der Waals surface area contributed by atoms with E-state index in [1.807, 2.05) is 30.3 Å². The van der Waals surface area contributed by atoms with Crippen molar-refractivity contribution in [3.63, 3.8) is 0 Å². The molecule has 0 aliphatic carbocycles. The fourth-order valence-electron chi connectivity index (χ4n) is 1.77. The molecule has 0 aliphatic rings. The Morgan fingerprint density at radius 3 is 2.74 bits per heavy atom. The lowest BCUT2D eigenvalue weighted by Crippen LogP contribution is -2.04. The minimum Gasteiger partial charge on any atom is -0.355 e. The molecule has 0 aliphatic heterocycles. The van der Waals surface area contributed by atoms with Gasteiger partial charge in [0.15, 0.2) is 0 Å². The number of rotatable bonds is 3. The molecule has 0 bridgehead atoms. The number of hydrogen-bond donors (Lipinski definition) is 0. The maximum atomic E-state index is 10.5. The lowest BCUT2D eigenvalue weighted by atomic mass is 10.3. The second-order valence-corrected chi connectivity index (χ2v) is 3.90. The van der Waals surface area contributed by atoms with Gasteiger partial charge in [-0.25, -0.2) is 4.98 Å². The quantitative estimate of drug-likeness (QED) is 0.533. The van der Waals surface area contributed by atoms with Gasteiger partial charge in [0.25, 0.3) is 5.69 Å². The van der Waals surface area contributed by atoms with Crippen molar-refractivity contribution in [2.75, 3.05) is 0 Å². The summed E-state index contributed by atoms with van der Waals surface area (Å²) in [5.74, 6) is 0.298. The largest absolute Gasteiger partial charge is 0.355 e. The highest BCUT2D eigenvalue weighted by atomic mass is 16.7. The van der Waals surface area contributed by atoms with Crippen molar-refractivity contribution in [3.05, 3.63) is 65.0 Å². The first-order chi connectivity index (χ1) is 9.24. The van der Waals surface area contributed by atoms with Crippen LogP contribution in [0.4, 0.5) is 5.69 Å². The van der Waals surface area contributed by atoms with Crippen molar-refractivity contribution in [2.24, 2.45) is 0 Å². The summed E-state index contributed by atoms with van der Waals surface area (Å²) in [6.07, 6.45) is 2.94. The van der Waals surface area contributed by atoms with Crippen molar-refractivity contribution in [1.29, 1.82) is 0 Å². The summed E-state index contributed by atoms with van der Waals surface area (Å²) in [6.45, 7) is 0. The van der Waals surface area contributed by atoms with Crippen molar-refractivity contribution < 1.29 is 9.76 Å². The maximum absolute atomic E-state index is 10.5. The Morgan fingerprint density at radius 1 is 1.16 bits per heavy atom. The predicted octanol–water partition coefficient (Wildman–Crippen LogP) is 2.79. The van der Waals surface area contributed by atoms with Gasteiger partial charge in [0.2, 0.25) is 5.88 Å². The summed E-state index contributed by atoms with van der Waals surface area (Å²) >= 11 is 0. The van der Waals surface area contributed by atoms with Crippen LogP contribution >= 0.6 is 0 Å². The molecule has 0 fully saturated rings. The summed E-state index contributed by atoms with van der Waals surface area (Å²) in [5, 5.41) is 11.6. The van der Waals surface area contributed by atoms with Gasteiger partial charge in [-0.15, -0.1) is 0 Å². The molecule has 1 aromatic carbocycles. The number of nitrogens with zero attached hydrogens (tertiary/aromatic N) is 3. The Bertz CT molecular complexity index is 734. The van der Waals surface area contributed by atoms with Gasteiger partial charge in [0.05, 0.1) is 10.4 Å². The Morgan fingerprint density at radius 2 is 2.00 bits per heavy atom. The fraction of sp³-hybridized carbons (Fsp3) is 0. The number of para-hydroxylation sites is 1. The van der Waals surface area contributed by atoms with E-state index in [0.29, 0.717) is 5.88 Å². The van der Waals surface area contributed by atoms with Gasteiger partial charge in [-0.3, -0.25) is 10.1 Å². The molecule has 2 aromatic heterocycles. The smallest absolute Gasteiger partial charge is 0.287 e. The molecule has 0 unspecified atom stereocenters. The first-order valence-corrected chi connectivity index (χ1v) is 5.59. The van der Waals surface area contributed by atoms with Crippen LogP contribution in [0.2, 0.25) is 0 Å². The number of aromatic nitrogens is 2. The summed E-state index contributed by atoms with van der Waals surface area (Å²) in [6, 6.07) is 12.5. The molecule has 0 amide bonds. The van der Waals surface area contributed by atoms with Gasteiger partial charge in [-0.2, -0.15) is 4.73 Å². The zero-order valence-corrected chi connectivity index (χ0v) is 9.76. The van der Waals surface area contributed by atoms with E-state index in [1.165, 1.54) is 18.3 Å². The average molecular weight is 255 g/mol. The Balaban J connectivity index is 1.90. The summed E-state index contributed by atoms with van der Waals surface area (Å²) < 4.78 is 1.57. The zero-order chi connectivity index (χ0) is 13.2. The summed E-state index contributed by atoms with van der Waals surface area (Å²) in [4.78, 5) is 19.5. The number of fused-ring (bicyclic) bond motifs is 1. The lowest BCUT2D eigenvalue weighted by Gasteiger charge is -2.05. The molecular formula is C13H9N3O3. The molecule has 0 spiro atoms. The number of pyridine rings is 1. The average Bonchev–Trinajstić information content (AvgIpc) is 2.83. The zero-order valence-electron chi connectivity index (χ0n) is 9.76. The van der Waals surface area contributed by atoms with Crippen molar-refractivity contribution in [2.45, 2.75) is 0 Å². The number of nitro groups is 1. The standard InChI is InChI=1S/C13H9N3O3/c17-16(18)11-5-6-13(14-9-11)19-15-8-7-10-3-1-2-4-12(10)15/h1-9H. The summed E-state index contributed by atoms with van der Waals surface area (Å²) in [5.41, 5.74) is 0.840. The van der Waals surface area contributed by atoms with Crippen LogP contribution in [-0.4, -0.2) is 14.6 Å². The molecule has 0 saturated carbocycles. The highest BCUT2D eigenvalue weighted by Gasteiger charge is 2.07. The van der Waals surface area contributed by atoms with E-state index in [-0.39, 0.29) is 5.69 Å². The van der Waals surface area contributed by atoms with E-state index in [2.05, 4.69) is 4.98 Å². The molecule has 2 heterocycles. The van der Waals surface area contributed by atoms with Crippen LogP contribution in [0, 0.1) is 10.1 Å². The van der Waals surface area contributed by atoms with Crippen molar-refractivity contribution in [1.82, 2.24) is 9.71 Å². The van der Waals surface area contributed by atoms with Crippen LogP contribution in [0.5, 0.6) is 5.88 Å². The second-order valence-electron chi connectivity index (χ2n) is 3.90. The van der Waals surface area contributed by atoms with Gasteiger partial charge in [-0.1, -0.05) is 18.2 Å². The first kappa shape index (κ1) is 11.2. The molecular weight excluding hydrogens is 246 g/mol. The van der Waals surface area contributed by atoms with Gasteiger partial charge in [0.1, 0.15) is 6.20 Å². The van der Waals surface area contributed by atoms with Crippen molar-refractivity contribution in [3.8, 4) is 5.88 Å². The minimum atomic E-state index is -0.498. The maximum Gasteiger partial charge on any atom is 0.287 e. The van der Waals surface area contributed by atoms with Gasteiger partial charge in [-0.05, 0) is 12.1 Å². The number of benzene rings is 1. The molecule has 3 rings (SSSR count). The highest BCUT2D eigenvalue weighted by Crippen LogP contribution is 2.18. The minimum absolute atomic E-state index is 0.0651. The molecule has 6 nitrogen and oxygen atoms in total. The van der Waals surface area contributed by atoms with E-state index < -0.39 is 4.92 Å². The second kappa shape index (κ2) is 4.41. The van der Waals surface area contributed by atoms with Crippen LogP contribution in [-0.2, 0) is 0 Å². The molecule has 6 heteroatoms. The summed E-state index contributed by atoms with van der Waals surface area (Å²) in [7, 11) is 0. The lowest BCUT2D eigenvalue weighted by molar-refractivity contribution is -0.385. The molecule has 94 valence electrons. The molecule has 3 aromatic rings. The van der Waals surface area contributed by atoms with E-state index in [0.717, 1.165) is 10.9 Å². The monoisotopic (exact) mass is 255 g/mol. The van der Waals surface area contributed by atoms with Crippen molar-refractivity contribution >= 4 is 16.6 Å². The van der Waals surface area contributed by atoms with E-state index in [1.54, 1.807) is 10.9 Å². The third-order valence-electron chi connectivity index (χ3n) is 2.69. The SMILES string of the molecule is O=[N+]([O-])c1ccc(On2ccc3ccccc32)nc1. The van der Waals surface area contributed by atoms with Crippen LogP contribution in [0.25, 0.3) is 10.9 Å². The topological polar surface area (TPSA) is 70.2 Å². The Labute approximate surface area is 108 Å². The predicted molar refractivity (Wildman–Crippen MR) is 68.9 cm³/mol. The fourth-order valence-corrected chi connectivity index (χ4v) is 1.77. The Hall–Kier alpha value is -2.89. The van der Waals surface area contributed by atoms with Crippen LogP contribution < -0.4 is 4.84 Å². The molecule has 0 N–H and O–H groups in total. The number of hydrogen-bond acceptors (Lipinski definition) is 4. The van der Waals surface area contributed by atoms with Crippen LogP contribution in [0.1, 0.15) is 0 Å². The highest BCUT2D eigenvalue weighted by molar-refractivity contribution is 5.79. The normalized spacial score (nSPS) is 10.5. The van der Waals surface area contributed by atoms with E-state index in [9.17, 15) is 10.1 Å². The molecule has 0 saturated heterocycles. The third-order valence-corrected chi connectivity index (χ3v) is 2.69. The molecule has 0 atom stereocenters. The van der Waals surface area contributed by atoms with Crippen LogP contribution in [0.15, 0.2) is 54.9 Å². The third kappa shape index (κ3) is 2.11. The molecule has 19 heavy (non-hydrogen) atoms. The molecule has 0 radical (unpaired) electrons. The van der Waals surface area contributed by atoms with Gasteiger partial charge in [0, 0.05) is 23.7 Å². The van der Waals surface area contributed by atoms with Crippen LogP contribution in [0.3, 0.4) is 0 Å². The van der Waals surface area contributed by atoms with E-state index >= 15 is 0 Å². The van der Waals surface area contributed by atoms with Gasteiger partial charge >= 0.3 is 0 Å². The first-order valence-electron chi connectivity index (χ1n) is 5.59. The Kier molecular flexibility index (Phi) is 2.60. The van der Waals surface area contributed by atoms with E-state index in [4.69, 9.17) is 4.84 Å².